The molecule has 0 aromatic carbocycles. The molecule has 1 unspecified atom stereocenters. The van der Waals surface area contributed by atoms with E-state index in [2.05, 4.69) is 22.2 Å². The van der Waals surface area contributed by atoms with Crippen LogP contribution < -0.4 is 4.90 Å². The van der Waals surface area contributed by atoms with E-state index in [0.29, 0.717) is 5.88 Å². The fraction of sp³-hybridized carbons (Fsp3) is 0.769. The predicted molar refractivity (Wildman–Crippen MR) is 76.1 cm³/mol. The normalized spacial score (nSPS) is 21.5. The standard InChI is InChI=1S/C13H21ClN2S/c1-2-4-11-5-3-7-16(8-6-11)13-15-12(9-14)10-17-13/h10-11H,2-9H2,1H3. The summed E-state index contributed by atoms with van der Waals surface area (Å²) in [5, 5.41) is 3.24. The Morgan fingerprint density at radius 3 is 3.06 bits per heavy atom. The third-order valence-electron chi connectivity index (χ3n) is 3.49. The van der Waals surface area contributed by atoms with Crippen LogP contribution in [0.15, 0.2) is 5.38 Å². The van der Waals surface area contributed by atoms with Gasteiger partial charge in [0.2, 0.25) is 0 Å². The van der Waals surface area contributed by atoms with E-state index in [9.17, 15) is 0 Å². The molecule has 4 heteroatoms. The van der Waals surface area contributed by atoms with Gasteiger partial charge in [-0.05, 0) is 25.2 Å². The zero-order chi connectivity index (χ0) is 12.1. The smallest absolute Gasteiger partial charge is 0.185 e. The Bertz CT molecular complexity index is 340. The number of nitrogens with zero attached hydrogens (tertiary/aromatic N) is 2. The summed E-state index contributed by atoms with van der Waals surface area (Å²) in [6.07, 6.45) is 6.72. The van der Waals surface area contributed by atoms with Gasteiger partial charge in [0.25, 0.3) is 0 Å². The van der Waals surface area contributed by atoms with Gasteiger partial charge in [-0.3, -0.25) is 0 Å². The lowest BCUT2D eigenvalue weighted by molar-refractivity contribution is 0.435. The van der Waals surface area contributed by atoms with Gasteiger partial charge in [-0.15, -0.1) is 22.9 Å². The first-order valence-corrected chi connectivity index (χ1v) is 8.00. The van der Waals surface area contributed by atoms with E-state index < -0.39 is 0 Å². The summed E-state index contributed by atoms with van der Waals surface area (Å²) in [5.74, 6) is 1.46. The van der Waals surface area contributed by atoms with Crippen LogP contribution >= 0.6 is 22.9 Å². The van der Waals surface area contributed by atoms with Gasteiger partial charge in [0.05, 0.1) is 11.6 Å². The first-order chi connectivity index (χ1) is 8.33. The van der Waals surface area contributed by atoms with Crippen LogP contribution in [0.3, 0.4) is 0 Å². The molecule has 0 saturated carbocycles. The first kappa shape index (κ1) is 13.2. The van der Waals surface area contributed by atoms with E-state index in [1.807, 2.05) is 0 Å². The minimum atomic E-state index is 0.531. The average Bonchev–Trinajstić information content (AvgIpc) is 2.70. The van der Waals surface area contributed by atoms with E-state index in [-0.39, 0.29) is 0 Å². The summed E-state index contributed by atoms with van der Waals surface area (Å²) in [7, 11) is 0. The van der Waals surface area contributed by atoms with Crippen molar-refractivity contribution in [3.63, 3.8) is 0 Å². The van der Waals surface area contributed by atoms with Crippen molar-refractivity contribution >= 4 is 28.1 Å². The topological polar surface area (TPSA) is 16.1 Å². The molecule has 1 aromatic heterocycles. The third-order valence-corrected chi connectivity index (χ3v) is 4.72. The lowest BCUT2D eigenvalue weighted by Crippen LogP contribution is -2.24. The molecule has 0 bridgehead atoms. The lowest BCUT2D eigenvalue weighted by atomic mass is 9.96. The monoisotopic (exact) mass is 272 g/mol. The van der Waals surface area contributed by atoms with Crippen LogP contribution in [0.25, 0.3) is 0 Å². The maximum atomic E-state index is 5.80. The number of hydrogen-bond acceptors (Lipinski definition) is 3. The second-order valence-electron chi connectivity index (χ2n) is 4.83. The van der Waals surface area contributed by atoms with Crippen molar-refractivity contribution in [1.82, 2.24) is 4.98 Å². The van der Waals surface area contributed by atoms with Crippen LogP contribution in [0.2, 0.25) is 0 Å². The molecule has 1 aliphatic heterocycles. The van der Waals surface area contributed by atoms with Crippen molar-refractivity contribution in [3.05, 3.63) is 11.1 Å². The van der Waals surface area contributed by atoms with E-state index in [4.69, 9.17) is 11.6 Å². The van der Waals surface area contributed by atoms with Crippen molar-refractivity contribution < 1.29 is 0 Å². The van der Waals surface area contributed by atoms with Gasteiger partial charge in [0.1, 0.15) is 0 Å². The zero-order valence-electron chi connectivity index (χ0n) is 10.5. The molecule has 17 heavy (non-hydrogen) atoms. The third kappa shape index (κ3) is 3.59. The molecule has 0 aliphatic carbocycles. The SMILES string of the molecule is CCCC1CCCN(c2nc(CCl)cs2)CC1. The molecule has 2 heterocycles. The van der Waals surface area contributed by atoms with Gasteiger partial charge < -0.3 is 4.90 Å². The van der Waals surface area contributed by atoms with Gasteiger partial charge in [0, 0.05) is 18.5 Å². The fourth-order valence-electron chi connectivity index (χ4n) is 2.56. The average molecular weight is 273 g/mol. The molecule has 0 spiro atoms. The molecular weight excluding hydrogens is 252 g/mol. The molecule has 2 nitrogen and oxygen atoms in total. The Labute approximate surface area is 113 Å². The molecule has 1 saturated heterocycles. The van der Waals surface area contributed by atoms with Gasteiger partial charge in [-0.1, -0.05) is 19.8 Å². The summed E-state index contributed by atoms with van der Waals surface area (Å²) >= 11 is 7.54. The molecule has 1 atom stereocenters. The molecule has 1 aromatic rings. The zero-order valence-corrected chi connectivity index (χ0v) is 12.1. The highest BCUT2D eigenvalue weighted by Gasteiger charge is 2.18. The lowest BCUT2D eigenvalue weighted by Gasteiger charge is -2.19. The van der Waals surface area contributed by atoms with Crippen LogP contribution in [-0.2, 0) is 5.88 Å². The quantitative estimate of drug-likeness (QED) is 0.760. The highest BCUT2D eigenvalue weighted by atomic mass is 35.5. The highest BCUT2D eigenvalue weighted by Crippen LogP contribution is 2.27. The second kappa shape index (κ2) is 6.60. The van der Waals surface area contributed by atoms with Crippen LogP contribution in [0.1, 0.15) is 44.7 Å². The summed E-state index contributed by atoms with van der Waals surface area (Å²) in [4.78, 5) is 7.02. The summed E-state index contributed by atoms with van der Waals surface area (Å²) < 4.78 is 0. The van der Waals surface area contributed by atoms with Gasteiger partial charge in [0.15, 0.2) is 5.13 Å². The predicted octanol–water partition coefficient (Wildman–Crippen LogP) is 4.29. The van der Waals surface area contributed by atoms with Crippen molar-refractivity contribution in [1.29, 1.82) is 0 Å². The van der Waals surface area contributed by atoms with Crippen molar-refractivity contribution in [3.8, 4) is 0 Å². The number of rotatable bonds is 4. The number of alkyl halides is 1. The Morgan fingerprint density at radius 2 is 2.35 bits per heavy atom. The molecule has 0 radical (unpaired) electrons. The molecule has 1 aliphatic rings. The van der Waals surface area contributed by atoms with Crippen LogP contribution in [0.4, 0.5) is 5.13 Å². The van der Waals surface area contributed by atoms with Gasteiger partial charge >= 0.3 is 0 Å². The number of hydrogen-bond donors (Lipinski definition) is 0. The van der Waals surface area contributed by atoms with E-state index in [1.54, 1.807) is 11.3 Å². The number of halogens is 1. The molecule has 2 rings (SSSR count). The number of anilines is 1. The van der Waals surface area contributed by atoms with E-state index >= 15 is 0 Å². The second-order valence-corrected chi connectivity index (χ2v) is 5.93. The summed E-state index contributed by atoms with van der Waals surface area (Å²) in [6.45, 7) is 4.62. The van der Waals surface area contributed by atoms with E-state index in [0.717, 1.165) is 23.3 Å². The van der Waals surface area contributed by atoms with Gasteiger partial charge in [-0.25, -0.2) is 4.98 Å². The summed E-state index contributed by atoms with van der Waals surface area (Å²) in [5.41, 5.74) is 1.01. The first-order valence-electron chi connectivity index (χ1n) is 6.58. The minimum absolute atomic E-state index is 0.531. The van der Waals surface area contributed by atoms with Crippen LogP contribution in [0.5, 0.6) is 0 Å². The van der Waals surface area contributed by atoms with E-state index in [1.165, 1.54) is 38.6 Å². The Balaban J connectivity index is 1.93. The number of aromatic nitrogens is 1. The molecule has 96 valence electrons. The number of thiazole rings is 1. The summed E-state index contributed by atoms with van der Waals surface area (Å²) in [6, 6.07) is 0. The minimum Gasteiger partial charge on any atom is -0.348 e. The molecular formula is C13H21ClN2S. The maximum Gasteiger partial charge on any atom is 0.185 e. The molecule has 0 N–H and O–H groups in total. The largest absolute Gasteiger partial charge is 0.348 e. The van der Waals surface area contributed by atoms with Gasteiger partial charge in [-0.2, -0.15) is 0 Å². The Morgan fingerprint density at radius 1 is 1.47 bits per heavy atom. The maximum absolute atomic E-state index is 5.80. The van der Waals surface area contributed by atoms with Crippen molar-refractivity contribution in [2.75, 3.05) is 18.0 Å². The van der Waals surface area contributed by atoms with Crippen molar-refractivity contribution in [2.24, 2.45) is 5.92 Å². The van der Waals surface area contributed by atoms with Crippen LogP contribution in [-0.4, -0.2) is 18.1 Å². The molecule has 0 amide bonds. The highest BCUT2D eigenvalue weighted by molar-refractivity contribution is 7.13. The van der Waals surface area contributed by atoms with Crippen molar-refractivity contribution in [2.45, 2.75) is 44.9 Å². The Kier molecular flexibility index (Phi) is 5.11. The molecule has 1 fully saturated rings. The van der Waals surface area contributed by atoms with Crippen LogP contribution in [0, 0.1) is 5.92 Å². The fourth-order valence-corrected chi connectivity index (χ4v) is 3.66. The Hall–Kier alpha value is -0.280.